The molecule has 0 aliphatic rings. The van der Waals surface area contributed by atoms with Gasteiger partial charge in [-0.1, -0.05) is 43.3 Å². The van der Waals surface area contributed by atoms with Crippen LogP contribution in [0.4, 0.5) is 0 Å². The van der Waals surface area contributed by atoms with Gasteiger partial charge in [0, 0.05) is 30.4 Å². The zero-order chi connectivity index (χ0) is 23.4. The van der Waals surface area contributed by atoms with E-state index in [4.69, 9.17) is 15.7 Å². The minimum absolute atomic E-state index is 0.0880. The normalized spacial score (nSPS) is 14.0. The molecule has 8 heteroatoms. The summed E-state index contributed by atoms with van der Waals surface area (Å²) in [5.41, 5.74) is 9.99. The number of aryl methyl sites for hydroxylation is 1. The molecule has 4 rings (SSSR count). The summed E-state index contributed by atoms with van der Waals surface area (Å²) in [6.45, 7) is 5.30. The van der Waals surface area contributed by atoms with Gasteiger partial charge in [0.1, 0.15) is 5.52 Å². The van der Waals surface area contributed by atoms with E-state index < -0.39 is 10.0 Å². The van der Waals surface area contributed by atoms with Gasteiger partial charge < -0.3 is 10.3 Å². The van der Waals surface area contributed by atoms with E-state index in [2.05, 4.69) is 22.3 Å². The molecule has 2 aromatic heterocycles. The van der Waals surface area contributed by atoms with Gasteiger partial charge in [-0.2, -0.15) is 0 Å². The van der Waals surface area contributed by atoms with E-state index in [1.165, 1.54) is 0 Å². The number of para-hydroxylation sites is 1. The average Bonchev–Trinajstić information content (AvgIpc) is 3.22. The van der Waals surface area contributed by atoms with E-state index in [1.807, 2.05) is 31.5 Å². The van der Waals surface area contributed by atoms with Crippen LogP contribution in [0, 0.1) is 0 Å². The van der Waals surface area contributed by atoms with Gasteiger partial charge >= 0.3 is 0 Å². The number of nitrogens with one attached hydrogen (secondary N) is 1. The van der Waals surface area contributed by atoms with Crippen molar-refractivity contribution in [2.45, 2.75) is 56.5 Å². The van der Waals surface area contributed by atoms with Gasteiger partial charge in [0.05, 0.1) is 28.0 Å². The molecule has 2 unspecified atom stereocenters. The first-order valence-corrected chi connectivity index (χ1v) is 12.9. The van der Waals surface area contributed by atoms with Crippen LogP contribution in [0.1, 0.15) is 44.7 Å². The molecule has 0 aliphatic heterocycles. The minimum Gasteiger partial charge on any atom is -0.330 e. The van der Waals surface area contributed by atoms with Gasteiger partial charge in [0.15, 0.2) is 0 Å². The van der Waals surface area contributed by atoms with Crippen LogP contribution in [0.3, 0.4) is 0 Å². The quantitative estimate of drug-likeness (QED) is 0.342. The Morgan fingerprint density at radius 1 is 1.03 bits per heavy atom. The van der Waals surface area contributed by atoms with Crippen LogP contribution >= 0.6 is 0 Å². The van der Waals surface area contributed by atoms with Crippen molar-refractivity contribution in [2.24, 2.45) is 5.73 Å². The highest BCUT2D eigenvalue weighted by molar-refractivity contribution is 7.89. The molecule has 0 aliphatic carbocycles. The highest BCUT2D eigenvalue weighted by Crippen LogP contribution is 2.31. The van der Waals surface area contributed by atoms with Crippen molar-refractivity contribution in [3.63, 3.8) is 0 Å². The van der Waals surface area contributed by atoms with E-state index >= 15 is 0 Å². The zero-order valence-corrected chi connectivity index (χ0v) is 19.9. The lowest BCUT2D eigenvalue weighted by atomic mass is 9.97. The Hall–Kier alpha value is -2.81. The van der Waals surface area contributed by atoms with Crippen molar-refractivity contribution in [3.8, 4) is 0 Å². The number of hydrogen-bond acceptors (Lipinski definition) is 5. The van der Waals surface area contributed by atoms with Crippen molar-refractivity contribution in [3.05, 3.63) is 66.6 Å². The second-order valence-electron chi connectivity index (χ2n) is 8.68. The molecular weight excluding hydrogens is 434 g/mol. The van der Waals surface area contributed by atoms with E-state index in [-0.39, 0.29) is 16.9 Å². The first kappa shape index (κ1) is 23.4. The molecule has 2 aromatic carbocycles. The maximum atomic E-state index is 12.4. The number of imidazole rings is 1. The molecule has 0 saturated heterocycles. The summed E-state index contributed by atoms with van der Waals surface area (Å²) in [6.07, 6.45) is 4.26. The van der Waals surface area contributed by atoms with Gasteiger partial charge in [-0.25, -0.2) is 18.1 Å². The second kappa shape index (κ2) is 9.99. The number of rotatable bonds is 10. The molecule has 0 bridgehead atoms. The summed E-state index contributed by atoms with van der Waals surface area (Å²) in [5.74, 6) is 0.202. The number of nitrogens with zero attached hydrogens (tertiary/aromatic N) is 3. The molecule has 0 spiro atoms. The first-order valence-electron chi connectivity index (χ1n) is 11.4. The number of unbranched alkanes of at least 4 members (excludes halogenated alkanes) is 1. The molecule has 7 nitrogen and oxygen atoms in total. The molecule has 2 heterocycles. The number of sulfonamides is 1. The maximum Gasteiger partial charge on any atom is 0.240 e. The lowest BCUT2D eigenvalue weighted by Gasteiger charge is -2.16. The van der Waals surface area contributed by atoms with Crippen LogP contribution in [-0.2, 0) is 16.6 Å². The molecular formula is C25H31N5O2S. The van der Waals surface area contributed by atoms with Crippen LogP contribution in [0.5, 0.6) is 0 Å². The zero-order valence-electron chi connectivity index (χ0n) is 19.1. The number of aromatic nitrogens is 3. The Kier molecular flexibility index (Phi) is 7.07. The highest BCUT2D eigenvalue weighted by atomic mass is 32.2. The highest BCUT2D eigenvalue weighted by Gasteiger charge is 2.19. The van der Waals surface area contributed by atoms with Crippen LogP contribution in [0.15, 0.2) is 65.8 Å². The topological polar surface area (TPSA) is 103 Å². The second-order valence-corrected chi connectivity index (χ2v) is 10.4. The summed E-state index contributed by atoms with van der Waals surface area (Å²) in [6, 6.07) is 16.7. The molecule has 0 fully saturated rings. The minimum atomic E-state index is -3.47. The number of nitrogens with two attached hydrogens (primary N) is 1. The molecule has 4 aromatic rings. The van der Waals surface area contributed by atoms with Crippen LogP contribution < -0.4 is 10.5 Å². The molecule has 0 amide bonds. The standard InChI is InChI=1S/C25H31N5O2S/c1-18(16-19(2)26)23-24-25(21-12-6-7-13-22(21)29-23)30(17-27-24)15-9-8-14-28-33(31,32)20-10-4-3-5-11-20/h3-7,10-13,17-19,28H,8-9,14-16,26H2,1-2H3. The molecule has 0 radical (unpaired) electrons. The van der Waals surface area contributed by atoms with Gasteiger partial charge in [-0.15, -0.1) is 0 Å². The van der Waals surface area contributed by atoms with Crippen molar-refractivity contribution in [1.82, 2.24) is 19.3 Å². The Morgan fingerprint density at radius 2 is 1.76 bits per heavy atom. The summed E-state index contributed by atoms with van der Waals surface area (Å²) >= 11 is 0. The van der Waals surface area contributed by atoms with E-state index in [1.54, 1.807) is 30.3 Å². The van der Waals surface area contributed by atoms with Crippen LogP contribution in [0.2, 0.25) is 0 Å². The molecule has 2 atom stereocenters. The van der Waals surface area contributed by atoms with Crippen molar-refractivity contribution >= 4 is 32.0 Å². The smallest absolute Gasteiger partial charge is 0.240 e. The van der Waals surface area contributed by atoms with Gasteiger partial charge in [0.2, 0.25) is 10.0 Å². The predicted octanol–water partition coefficient (Wildman–Crippen LogP) is 4.18. The van der Waals surface area contributed by atoms with Crippen molar-refractivity contribution in [2.75, 3.05) is 6.54 Å². The lowest BCUT2D eigenvalue weighted by molar-refractivity contribution is 0.568. The third kappa shape index (κ3) is 5.24. The fraction of sp³-hybridized carbons (Fsp3) is 0.360. The Bertz CT molecular complexity index is 1330. The Labute approximate surface area is 195 Å². The number of hydrogen-bond donors (Lipinski definition) is 2. The predicted molar refractivity (Wildman–Crippen MR) is 133 cm³/mol. The Balaban J connectivity index is 1.50. The number of benzene rings is 2. The summed E-state index contributed by atoms with van der Waals surface area (Å²) < 4.78 is 29.6. The fourth-order valence-electron chi connectivity index (χ4n) is 4.29. The van der Waals surface area contributed by atoms with Crippen molar-refractivity contribution < 1.29 is 8.42 Å². The first-order chi connectivity index (χ1) is 15.9. The maximum absolute atomic E-state index is 12.4. The molecule has 3 N–H and O–H groups in total. The van der Waals surface area contributed by atoms with Gasteiger partial charge in [-0.3, -0.25) is 4.98 Å². The van der Waals surface area contributed by atoms with Crippen LogP contribution in [0.25, 0.3) is 21.9 Å². The molecule has 174 valence electrons. The SMILES string of the molecule is CC(N)CC(C)c1nc2ccccc2c2c1ncn2CCCCNS(=O)(=O)c1ccccc1. The number of pyridine rings is 1. The summed E-state index contributed by atoms with van der Waals surface area (Å²) in [5, 5.41) is 1.08. The summed E-state index contributed by atoms with van der Waals surface area (Å²) in [7, 11) is -3.47. The third-order valence-corrected chi connectivity index (χ3v) is 7.32. The largest absolute Gasteiger partial charge is 0.330 e. The van der Waals surface area contributed by atoms with E-state index in [0.717, 1.165) is 53.4 Å². The monoisotopic (exact) mass is 465 g/mol. The molecule has 33 heavy (non-hydrogen) atoms. The third-order valence-electron chi connectivity index (χ3n) is 5.84. The van der Waals surface area contributed by atoms with E-state index in [9.17, 15) is 8.42 Å². The van der Waals surface area contributed by atoms with Crippen LogP contribution in [-0.4, -0.2) is 35.5 Å². The fourth-order valence-corrected chi connectivity index (χ4v) is 5.38. The molecule has 0 saturated carbocycles. The summed E-state index contributed by atoms with van der Waals surface area (Å²) in [4.78, 5) is 9.94. The number of fused-ring (bicyclic) bond motifs is 3. The van der Waals surface area contributed by atoms with E-state index in [0.29, 0.717) is 6.54 Å². The lowest BCUT2D eigenvalue weighted by Crippen LogP contribution is -2.24. The van der Waals surface area contributed by atoms with Gasteiger partial charge in [0.25, 0.3) is 0 Å². The van der Waals surface area contributed by atoms with Crippen molar-refractivity contribution in [1.29, 1.82) is 0 Å². The average molecular weight is 466 g/mol. The van der Waals surface area contributed by atoms with Gasteiger partial charge in [-0.05, 0) is 44.4 Å². The Morgan fingerprint density at radius 3 is 2.52 bits per heavy atom.